The van der Waals surface area contributed by atoms with Crippen molar-refractivity contribution < 1.29 is 18.9 Å². The van der Waals surface area contributed by atoms with Crippen LogP contribution in [0.25, 0.3) is 0 Å². The molecule has 0 fully saturated rings. The van der Waals surface area contributed by atoms with Crippen LogP contribution in [-0.2, 0) is 12.6 Å². The van der Waals surface area contributed by atoms with Gasteiger partial charge in [0, 0.05) is 0 Å². The Hall–Kier alpha value is 0.0374. The summed E-state index contributed by atoms with van der Waals surface area (Å²) in [6.07, 6.45) is 0. The van der Waals surface area contributed by atoms with E-state index in [0.29, 0.717) is 0 Å². The van der Waals surface area contributed by atoms with Crippen molar-refractivity contribution in [3.8, 4) is 0 Å². The topological polar surface area (TPSA) is 0 Å². The van der Waals surface area contributed by atoms with Crippen molar-refractivity contribution in [2.24, 2.45) is 0 Å². The molecular weight excluding hydrogens is 135 g/mol. The van der Waals surface area contributed by atoms with Gasteiger partial charge in [0.05, 0.1) is 0 Å². The molecule has 0 aliphatic rings. The molecule has 0 aliphatic carbocycles. The first-order chi connectivity index (χ1) is 4.18. The molecule has 0 heterocycles. The normalized spacial score (nSPS) is 8.60. The Kier molecular flexibility index (Phi) is 4.04. The molecule has 1 rings (SSSR count). The van der Waals surface area contributed by atoms with Gasteiger partial charge in [-0.05, 0) is 13.8 Å². The van der Waals surface area contributed by atoms with Crippen molar-refractivity contribution in [2.45, 2.75) is 18.7 Å². The van der Waals surface area contributed by atoms with Gasteiger partial charge in [0.1, 0.15) is 0 Å². The van der Waals surface area contributed by atoms with Crippen molar-refractivity contribution in [3.05, 3.63) is 29.3 Å². The summed E-state index contributed by atoms with van der Waals surface area (Å²) >= 11 is 4.99. The van der Waals surface area contributed by atoms with Crippen LogP contribution in [0.15, 0.2) is 23.1 Å². The summed E-state index contributed by atoms with van der Waals surface area (Å²) in [5, 5.41) is 0. The Bertz CT molecular complexity index is 170. The summed E-state index contributed by atoms with van der Waals surface area (Å²) in [6, 6.07) is 6.13. The predicted octanol–water partition coefficient (Wildman–Crippen LogP) is -0.787. The maximum Gasteiger partial charge on any atom is 1.00 e. The molecule has 0 spiro atoms. The van der Waals surface area contributed by atoms with Crippen LogP contribution in [0.2, 0.25) is 0 Å². The fraction of sp³-hybridized carbons (Fsp3) is 0.250. The van der Waals surface area contributed by atoms with Crippen molar-refractivity contribution in [3.63, 3.8) is 0 Å². The molecule has 0 nitrogen and oxygen atoms in total. The van der Waals surface area contributed by atoms with Gasteiger partial charge in [-0.2, -0.15) is 4.90 Å². The Morgan fingerprint density at radius 3 is 1.70 bits per heavy atom. The molecule has 0 bridgehead atoms. The molecule has 0 unspecified atom stereocenters. The third-order valence-corrected chi connectivity index (χ3v) is 1.43. The Balaban J connectivity index is 0.000000810. The third kappa shape index (κ3) is 2.75. The molecule has 48 valence electrons. The van der Waals surface area contributed by atoms with Crippen LogP contribution < -0.4 is 18.9 Å². The van der Waals surface area contributed by atoms with Gasteiger partial charge in [-0.3, -0.25) is 0 Å². The molecule has 0 amide bonds. The molecule has 1 aromatic carbocycles. The Morgan fingerprint density at radius 1 is 1.00 bits per heavy atom. The van der Waals surface area contributed by atoms with Gasteiger partial charge in [0.2, 0.25) is 0 Å². The van der Waals surface area contributed by atoms with E-state index in [1.54, 1.807) is 0 Å². The Morgan fingerprint density at radius 2 is 1.40 bits per heavy atom. The summed E-state index contributed by atoms with van der Waals surface area (Å²) < 4.78 is 0. The fourth-order valence-electron chi connectivity index (χ4n) is 0.933. The standard InChI is InChI=1S/C8H10S.Li/c1-6-3-7(2)5-8(9)4-6;/h3-5,9H,1-2H3;/q;+1/p-1. The third-order valence-electron chi connectivity index (χ3n) is 1.20. The number of hydrogen-bond acceptors (Lipinski definition) is 1. The number of benzene rings is 1. The van der Waals surface area contributed by atoms with E-state index in [9.17, 15) is 0 Å². The van der Waals surface area contributed by atoms with Crippen molar-refractivity contribution in [1.82, 2.24) is 0 Å². The van der Waals surface area contributed by atoms with Crippen LogP contribution in [-0.4, -0.2) is 0 Å². The van der Waals surface area contributed by atoms with Gasteiger partial charge in [-0.25, -0.2) is 0 Å². The number of aryl methyl sites for hydroxylation is 2. The zero-order chi connectivity index (χ0) is 6.85. The molecule has 0 saturated heterocycles. The van der Waals surface area contributed by atoms with E-state index in [4.69, 9.17) is 12.6 Å². The quantitative estimate of drug-likeness (QED) is 0.340. The van der Waals surface area contributed by atoms with E-state index in [1.807, 2.05) is 12.1 Å². The summed E-state index contributed by atoms with van der Waals surface area (Å²) in [6.45, 7) is 4.12. The largest absolute Gasteiger partial charge is 1.00 e. The van der Waals surface area contributed by atoms with E-state index in [-0.39, 0.29) is 18.9 Å². The molecule has 0 N–H and O–H groups in total. The van der Waals surface area contributed by atoms with Crippen molar-refractivity contribution >= 4 is 12.6 Å². The van der Waals surface area contributed by atoms with E-state index < -0.39 is 0 Å². The first kappa shape index (κ1) is 10.0. The Labute approximate surface area is 79.6 Å². The maximum absolute atomic E-state index is 4.99. The number of rotatable bonds is 0. The number of hydrogen-bond donors (Lipinski definition) is 0. The monoisotopic (exact) mass is 144 g/mol. The minimum atomic E-state index is 0. The average Bonchev–Trinajstić information content (AvgIpc) is 1.59. The van der Waals surface area contributed by atoms with Crippen LogP contribution in [0, 0.1) is 13.8 Å². The fourth-order valence-corrected chi connectivity index (χ4v) is 1.30. The van der Waals surface area contributed by atoms with Crippen LogP contribution in [0.1, 0.15) is 11.1 Å². The van der Waals surface area contributed by atoms with Crippen LogP contribution in [0.4, 0.5) is 0 Å². The molecule has 2 heteroatoms. The average molecular weight is 144 g/mol. The van der Waals surface area contributed by atoms with Crippen molar-refractivity contribution in [1.29, 1.82) is 0 Å². The van der Waals surface area contributed by atoms with E-state index in [1.165, 1.54) is 11.1 Å². The summed E-state index contributed by atoms with van der Waals surface area (Å²) in [5.74, 6) is 0. The van der Waals surface area contributed by atoms with Crippen LogP contribution >= 0.6 is 0 Å². The molecule has 0 radical (unpaired) electrons. The first-order valence-electron chi connectivity index (χ1n) is 2.94. The molecule has 0 aliphatic heterocycles. The van der Waals surface area contributed by atoms with Gasteiger partial charge < -0.3 is 12.6 Å². The summed E-state index contributed by atoms with van der Waals surface area (Å²) in [4.78, 5) is 0.938. The van der Waals surface area contributed by atoms with Crippen LogP contribution in [0.3, 0.4) is 0 Å². The minimum Gasteiger partial charge on any atom is -0.780 e. The predicted molar refractivity (Wildman–Crippen MR) is 41.5 cm³/mol. The molecule has 0 aromatic heterocycles. The second-order valence-corrected chi connectivity index (χ2v) is 2.79. The van der Waals surface area contributed by atoms with Gasteiger partial charge in [0.25, 0.3) is 0 Å². The molecule has 0 atom stereocenters. The summed E-state index contributed by atoms with van der Waals surface area (Å²) in [7, 11) is 0. The second-order valence-electron chi connectivity index (χ2n) is 2.32. The summed E-state index contributed by atoms with van der Waals surface area (Å²) in [5.41, 5.74) is 2.50. The van der Waals surface area contributed by atoms with Gasteiger partial charge in [-0.1, -0.05) is 29.3 Å². The first-order valence-corrected chi connectivity index (χ1v) is 3.34. The van der Waals surface area contributed by atoms with Gasteiger partial charge in [0.15, 0.2) is 0 Å². The van der Waals surface area contributed by atoms with Crippen LogP contribution in [0.5, 0.6) is 0 Å². The maximum atomic E-state index is 4.99. The SMILES string of the molecule is Cc1cc(C)cc([S-])c1.[Li+]. The molecule has 0 saturated carbocycles. The van der Waals surface area contributed by atoms with Gasteiger partial charge >= 0.3 is 18.9 Å². The van der Waals surface area contributed by atoms with E-state index in [0.717, 1.165) is 4.90 Å². The van der Waals surface area contributed by atoms with E-state index >= 15 is 0 Å². The zero-order valence-electron chi connectivity index (χ0n) is 6.64. The molecule has 10 heavy (non-hydrogen) atoms. The minimum absolute atomic E-state index is 0. The van der Waals surface area contributed by atoms with E-state index in [2.05, 4.69) is 19.9 Å². The second kappa shape index (κ2) is 4.03. The molecular formula is C8H9LiS. The van der Waals surface area contributed by atoms with Crippen molar-refractivity contribution in [2.75, 3.05) is 0 Å². The smallest absolute Gasteiger partial charge is 0.780 e. The van der Waals surface area contributed by atoms with Gasteiger partial charge in [-0.15, -0.1) is 0 Å². The zero-order valence-corrected chi connectivity index (χ0v) is 7.46. The molecule has 1 aromatic rings.